The van der Waals surface area contributed by atoms with Crippen LogP contribution in [0.4, 0.5) is 0 Å². The Labute approximate surface area is 128 Å². The first-order valence-electron chi connectivity index (χ1n) is 8.15. The monoisotopic (exact) mass is 295 g/mol. The predicted molar refractivity (Wildman–Crippen MR) is 82.9 cm³/mol. The lowest BCUT2D eigenvalue weighted by Gasteiger charge is -2.58. The Morgan fingerprint density at radius 2 is 1.95 bits per heavy atom. The van der Waals surface area contributed by atoms with Crippen molar-refractivity contribution < 1.29 is 9.59 Å². The lowest BCUT2D eigenvalue weighted by molar-refractivity contribution is -0.185. The number of amides is 2. The van der Waals surface area contributed by atoms with Crippen LogP contribution in [0.3, 0.4) is 0 Å². The van der Waals surface area contributed by atoms with E-state index >= 15 is 0 Å². The maximum Gasteiger partial charge on any atom is 0.243 e. The van der Waals surface area contributed by atoms with Crippen LogP contribution >= 0.6 is 0 Å². The van der Waals surface area contributed by atoms with Crippen LogP contribution in [0, 0.1) is 5.41 Å². The van der Waals surface area contributed by atoms with E-state index < -0.39 is 5.41 Å². The summed E-state index contributed by atoms with van der Waals surface area (Å²) in [7, 11) is 3.98. The van der Waals surface area contributed by atoms with Gasteiger partial charge in [-0.25, -0.2) is 0 Å². The maximum atomic E-state index is 12.6. The van der Waals surface area contributed by atoms with Gasteiger partial charge in [0.1, 0.15) is 6.04 Å². The second-order valence-corrected chi connectivity index (χ2v) is 7.02. The van der Waals surface area contributed by atoms with Gasteiger partial charge in [0, 0.05) is 19.1 Å². The molecule has 0 bridgehead atoms. The molecule has 2 fully saturated rings. The van der Waals surface area contributed by atoms with Crippen molar-refractivity contribution in [2.24, 2.45) is 5.41 Å². The van der Waals surface area contributed by atoms with E-state index in [1.165, 1.54) is 6.42 Å². The summed E-state index contributed by atoms with van der Waals surface area (Å²) in [6.45, 7) is 5.45. The number of rotatable bonds is 5. The molecule has 0 aromatic rings. The molecule has 0 aromatic carbocycles. The van der Waals surface area contributed by atoms with E-state index in [-0.39, 0.29) is 23.9 Å². The zero-order valence-electron chi connectivity index (χ0n) is 13.8. The minimum Gasteiger partial charge on any atom is -0.353 e. The fourth-order valence-corrected chi connectivity index (χ4v) is 3.77. The summed E-state index contributed by atoms with van der Waals surface area (Å²) in [6.07, 6.45) is 5.08. The van der Waals surface area contributed by atoms with Gasteiger partial charge in [-0.05, 0) is 40.8 Å². The first-order chi connectivity index (χ1) is 9.90. The van der Waals surface area contributed by atoms with E-state index in [1.807, 2.05) is 32.8 Å². The maximum absolute atomic E-state index is 12.6. The van der Waals surface area contributed by atoms with E-state index in [4.69, 9.17) is 0 Å². The molecule has 2 rings (SSSR count). The van der Waals surface area contributed by atoms with Crippen molar-refractivity contribution in [2.75, 3.05) is 27.2 Å². The highest BCUT2D eigenvalue weighted by molar-refractivity contribution is 6.02. The number of nitrogens with zero attached hydrogens (tertiary/aromatic N) is 2. The van der Waals surface area contributed by atoms with E-state index in [1.54, 1.807) is 4.90 Å². The average Bonchev–Trinajstić information content (AvgIpc) is 2.43. The van der Waals surface area contributed by atoms with Crippen LogP contribution in [0.25, 0.3) is 0 Å². The molecule has 1 spiro atoms. The number of nitrogens with one attached hydrogen (secondary N) is 1. The molecule has 21 heavy (non-hydrogen) atoms. The van der Waals surface area contributed by atoms with E-state index in [0.29, 0.717) is 6.54 Å². The summed E-state index contributed by atoms with van der Waals surface area (Å²) in [5.41, 5.74) is -0.398. The quantitative estimate of drug-likeness (QED) is 0.776. The molecule has 120 valence electrons. The standard InChI is InChI=1S/C16H29N3O2/c1-12(2)19-13(14(20)17-10-11-18(3)4)16(15(19)21)8-6-5-7-9-16/h12-13H,5-11H2,1-4H3,(H,17,20). The Morgan fingerprint density at radius 3 is 2.48 bits per heavy atom. The van der Waals surface area contributed by atoms with Crippen LogP contribution < -0.4 is 5.32 Å². The lowest BCUT2D eigenvalue weighted by Crippen LogP contribution is -2.75. The Hall–Kier alpha value is -1.10. The van der Waals surface area contributed by atoms with Gasteiger partial charge in [-0.15, -0.1) is 0 Å². The molecule has 0 radical (unpaired) electrons. The van der Waals surface area contributed by atoms with Crippen molar-refractivity contribution in [3.05, 3.63) is 0 Å². The van der Waals surface area contributed by atoms with Gasteiger partial charge < -0.3 is 15.1 Å². The molecule has 1 aliphatic carbocycles. The summed E-state index contributed by atoms with van der Waals surface area (Å²) in [4.78, 5) is 29.1. The minimum absolute atomic E-state index is 0.0343. The van der Waals surface area contributed by atoms with Gasteiger partial charge in [0.05, 0.1) is 5.41 Å². The zero-order valence-corrected chi connectivity index (χ0v) is 13.8. The second kappa shape index (κ2) is 6.34. The summed E-state index contributed by atoms with van der Waals surface area (Å²) in [6, 6.07) is -0.165. The Bertz CT molecular complexity index is 400. The minimum atomic E-state index is -0.398. The van der Waals surface area contributed by atoms with E-state index in [2.05, 4.69) is 5.32 Å². The smallest absolute Gasteiger partial charge is 0.243 e. The zero-order chi connectivity index (χ0) is 15.6. The normalized spacial score (nSPS) is 24.6. The van der Waals surface area contributed by atoms with Crippen molar-refractivity contribution in [2.45, 2.75) is 58.0 Å². The summed E-state index contributed by atoms with van der Waals surface area (Å²) in [5, 5.41) is 3.02. The molecule has 1 heterocycles. The first kappa shape index (κ1) is 16.3. The SMILES string of the molecule is CC(C)N1C(=O)C2(CCCCC2)C1C(=O)NCCN(C)C. The van der Waals surface area contributed by atoms with Gasteiger partial charge in [0.15, 0.2) is 0 Å². The third-order valence-electron chi connectivity index (χ3n) is 4.87. The van der Waals surface area contributed by atoms with Crippen LogP contribution in [0.1, 0.15) is 46.0 Å². The molecule has 1 atom stereocenters. The van der Waals surface area contributed by atoms with Crippen LogP contribution in [0.15, 0.2) is 0 Å². The van der Waals surface area contributed by atoms with Crippen molar-refractivity contribution in [1.82, 2.24) is 15.1 Å². The predicted octanol–water partition coefficient (Wildman–Crippen LogP) is 1.23. The molecular formula is C16H29N3O2. The van der Waals surface area contributed by atoms with Crippen LogP contribution in [-0.4, -0.2) is 60.9 Å². The number of carbonyl (C=O) groups is 2. The molecule has 1 aliphatic heterocycles. The molecule has 5 nitrogen and oxygen atoms in total. The Morgan fingerprint density at radius 1 is 1.33 bits per heavy atom. The Kier molecular flexibility index (Phi) is 4.91. The summed E-state index contributed by atoms with van der Waals surface area (Å²) >= 11 is 0. The number of hydrogen-bond acceptors (Lipinski definition) is 3. The van der Waals surface area contributed by atoms with Gasteiger partial charge in [0.25, 0.3) is 0 Å². The van der Waals surface area contributed by atoms with Crippen LogP contribution in [0.2, 0.25) is 0 Å². The molecular weight excluding hydrogens is 266 g/mol. The molecule has 1 unspecified atom stereocenters. The number of carbonyl (C=O) groups excluding carboxylic acids is 2. The largest absolute Gasteiger partial charge is 0.353 e. The van der Waals surface area contributed by atoms with Gasteiger partial charge in [-0.1, -0.05) is 19.3 Å². The molecule has 0 aromatic heterocycles. The van der Waals surface area contributed by atoms with E-state index in [9.17, 15) is 9.59 Å². The number of β-lactam (4-membered cyclic amide) rings is 1. The lowest BCUT2D eigenvalue weighted by atomic mass is 9.61. The number of likely N-dealkylation sites (N-methyl/N-ethyl adjacent to an activating group) is 1. The fraction of sp³-hybridized carbons (Fsp3) is 0.875. The van der Waals surface area contributed by atoms with Gasteiger partial charge >= 0.3 is 0 Å². The van der Waals surface area contributed by atoms with Crippen molar-refractivity contribution in [1.29, 1.82) is 0 Å². The van der Waals surface area contributed by atoms with Crippen LogP contribution in [0.5, 0.6) is 0 Å². The fourth-order valence-electron chi connectivity index (χ4n) is 3.77. The van der Waals surface area contributed by atoms with Crippen molar-refractivity contribution in [3.8, 4) is 0 Å². The Balaban J connectivity index is 2.07. The number of hydrogen-bond donors (Lipinski definition) is 1. The second-order valence-electron chi connectivity index (χ2n) is 7.02. The molecule has 2 aliphatic rings. The third-order valence-corrected chi connectivity index (χ3v) is 4.87. The third kappa shape index (κ3) is 2.93. The highest BCUT2D eigenvalue weighted by Gasteiger charge is 2.63. The summed E-state index contributed by atoms with van der Waals surface area (Å²) < 4.78 is 0. The summed E-state index contributed by atoms with van der Waals surface area (Å²) in [5.74, 6) is 0.233. The van der Waals surface area contributed by atoms with E-state index in [0.717, 1.165) is 32.2 Å². The average molecular weight is 295 g/mol. The molecule has 1 N–H and O–H groups in total. The highest BCUT2D eigenvalue weighted by Crippen LogP contribution is 2.50. The van der Waals surface area contributed by atoms with Gasteiger partial charge in [-0.2, -0.15) is 0 Å². The first-order valence-corrected chi connectivity index (χ1v) is 8.15. The van der Waals surface area contributed by atoms with Crippen molar-refractivity contribution in [3.63, 3.8) is 0 Å². The van der Waals surface area contributed by atoms with Crippen molar-refractivity contribution >= 4 is 11.8 Å². The topological polar surface area (TPSA) is 52.7 Å². The highest BCUT2D eigenvalue weighted by atomic mass is 16.2. The molecule has 2 amide bonds. The number of likely N-dealkylation sites (tertiary alicyclic amines) is 1. The molecule has 1 saturated carbocycles. The van der Waals surface area contributed by atoms with Gasteiger partial charge in [-0.3, -0.25) is 9.59 Å². The molecule has 5 heteroatoms. The molecule has 1 saturated heterocycles. The van der Waals surface area contributed by atoms with Crippen LogP contribution in [-0.2, 0) is 9.59 Å². The van der Waals surface area contributed by atoms with Gasteiger partial charge in [0.2, 0.25) is 11.8 Å².